The van der Waals surface area contributed by atoms with Crippen LogP contribution in [0.2, 0.25) is 0 Å². The minimum absolute atomic E-state index is 0.104. The maximum absolute atomic E-state index is 8.85. The van der Waals surface area contributed by atoms with Crippen molar-refractivity contribution >= 4 is 17.0 Å². The van der Waals surface area contributed by atoms with Crippen LogP contribution in [-0.4, -0.2) is 12.1 Å². The van der Waals surface area contributed by atoms with Gasteiger partial charge in [0.05, 0.1) is 30.5 Å². The van der Waals surface area contributed by atoms with E-state index in [4.69, 9.17) is 10.00 Å². The number of aromatic nitrogens is 1. The van der Waals surface area contributed by atoms with Crippen LogP contribution in [0.25, 0.3) is 0 Å². The first kappa shape index (κ1) is 12.4. The average molecular weight is 259 g/mol. The van der Waals surface area contributed by atoms with Gasteiger partial charge in [0.1, 0.15) is 10.8 Å². The molecular formula is C13H13N3OS. The van der Waals surface area contributed by atoms with Crippen LogP contribution < -0.4 is 10.1 Å². The van der Waals surface area contributed by atoms with Gasteiger partial charge in [0.15, 0.2) is 0 Å². The van der Waals surface area contributed by atoms with E-state index in [9.17, 15) is 0 Å². The summed E-state index contributed by atoms with van der Waals surface area (Å²) in [6.07, 6.45) is 1.79. The van der Waals surface area contributed by atoms with Crippen molar-refractivity contribution in [3.8, 4) is 11.8 Å². The van der Waals surface area contributed by atoms with Crippen LogP contribution in [-0.2, 0) is 0 Å². The third-order valence-electron chi connectivity index (χ3n) is 2.52. The van der Waals surface area contributed by atoms with Gasteiger partial charge in [-0.15, -0.1) is 11.3 Å². The fourth-order valence-electron chi connectivity index (χ4n) is 1.62. The van der Waals surface area contributed by atoms with Gasteiger partial charge >= 0.3 is 0 Å². The number of rotatable bonds is 4. The Morgan fingerprint density at radius 1 is 1.50 bits per heavy atom. The lowest BCUT2D eigenvalue weighted by Gasteiger charge is -2.15. The second-order valence-corrected chi connectivity index (χ2v) is 4.69. The minimum Gasteiger partial charge on any atom is -0.495 e. The predicted molar refractivity (Wildman–Crippen MR) is 71.9 cm³/mol. The molecule has 2 rings (SSSR count). The molecule has 0 saturated carbocycles. The molecule has 1 atom stereocenters. The Labute approximate surface area is 110 Å². The SMILES string of the molecule is COc1cc(C#N)ccc1NC(C)c1nccs1. The summed E-state index contributed by atoms with van der Waals surface area (Å²) < 4.78 is 5.28. The van der Waals surface area contributed by atoms with E-state index in [1.54, 1.807) is 36.8 Å². The zero-order chi connectivity index (χ0) is 13.0. The lowest BCUT2D eigenvalue weighted by atomic mass is 10.2. The van der Waals surface area contributed by atoms with Crippen molar-refractivity contribution in [2.24, 2.45) is 0 Å². The highest BCUT2D eigenvalue weighted by atomic mass is 32.1. The van der Waals surface area contributed by atoms with Crippen LogP contribution in [0.3, 0.4) is 0 Å². The van der Waals surface area contributed by atoms with Crippen LogP contribution in [0.1, 0.15) is 23.5 Å². The molecule has 5 heteroatoms. The summed E-state index contributed by atoms with van der Waals surface area (Å²) >= 11 is 1.60. The molecule has 0 fully saturated rings. The van der Waals surface area contributed by atoms with Crippen molar-refractivity contribution in [1.82, 2.24) is 4.98 Å². The summed E-state index contributed by atoms with van der Waals surface area (Å²) in [4.78, 5) is 4.26. The molecule has 1 aromatic heterocycles. The molecule has 0 saturated heterocycles. The van der Waals surface area contributed by atoms with E-state index >= 15 is 0 Å². The Hall–Kier alpha value is -2.06. The van der Waals surface area contributed by atoms with Gasteiger partial charge < -0.3 is 10.1 Å². The molecule has 0 aliphatic heterocycles. The number of nitrogens with zero attached hydrogens (tertiary/aromatic N) is 2. The van der Waals surface area contributed by atoms with E-state index in [0.29, 0.717) is 11.3 Å². The molecule has 1 N–H and O–H groups in total. The molecule has 1 heterocycles. The zero-order valence-electron chi connectivity index (χ0n) is 10.2. The maximum Gasteiger partial charge on any atom is 0.143 e. The molecule has 18 heavy (non-hydrogen) atoms. The first-order chi connectivity index (χ1) is 8.74. The summed E-state index contributed by atoms with van der Waals surface area (Å²) in [5.74, 6) is 0.664. The molecule has 1 unspecified atom stereocenters. The topological polar surface area (TPSA) is 57.9 Å². The maximum atomic E-state index is 8.85. The summed E-state index contributed by atoms with van der Waals surface area (Å²) in [7, 11) is 1.59. The molecule has 0 bridgehead atoms. The molecule has 2 aromatic rings. The average Bonchev–Trinajstić information content (AvgIpc) is 2.93. The third kappa shape index (κ3) is 2.60. The standard InChI is InChI=1S/C13H13N3OS/c1-9(13-15-5-6-18-13)16-11-4-3-10(8-14)7-12(11)17-2/h3-7,9,16H,1-2H3. The smallest absolute Gasteiger partial charge is 0.143 e. The highest BCUT2D eigenvalue weighted by molar-refractivity contribution is 7.09. The summed E-state index contributed by atoms with van der Waals surface area (Å²) in [5, 5.41) is 15.1. The van der Waals surface area contributed by atoms with Gasteiger partial charge in [-0.1, -0.05) is 0 Å². The molecule has 4 nitrogen and oxygen atoms in total. The van der Waals surface area contributed by atoms with Gasteiger partial charge in [-0.3, -0.25) is 0 Å². The first-order valence-corrected chi connectivity index (χ1v) is 6.36. The van der Waals surface area contributed by atoms with Gasteiger partial charge in [-0.25, -0.2) is 4.98 Å². The predicted octanol–water partition coefficient (Wildman–Crippen LogP) is 3.20. The lowest BCUT2D eigenvalue weighted by molar-refractivity contribution is 0.416. The number of nitrogens with one attached hydrogen (secondary N) is 1. The summed E-state index contributed by atoms with van der Waals surface area (Å²) in [6, 6.07) is 7.53. The van der Waals surface area contributed by atoms with E-state index in [1.807, 2.05) is 18.4 Å². The van der Waals surface area contributed by atoms with Gasteiger partial charge in [-0.05, 0) is 19.1 Å². The summed E-state index contributed by atoms with van der Waals surface area (Å²) in [6.45, 7) is 2.04. The number of ether oxygens (including phenoxy) is 1. The number of methoxy groups -OCH3 is 1. The molecule has 0 spiro atoms. The van der Waals surface area contributed by atoms with E-state index in [-0.39, 0.29) is 6.04 Å². The Balaban J connectivity index is 2.21. The molecule has 0 aliphatic rings. The number of nitriles is 1. The molecule has 92 valence electrons. The number of hydrogen-bond acceptors (Lipinski definition) is 5. The van der Waals surface area contributed by atoms with Crippen molar-refractivity contribution in [3.63, 3.8) is 0 Å². The van der Waals surface area contributed by atoms with Crippen LogP contribution in [0, 0.1) is 11.3 Å². The molecular weight excluding hydrogens is 246 g/mol. The van der Waals surface area contributed by atoms with E-state index in [2.05, 4.69) is 16.4 Å². The largest absolute Gasteiger partial charge is 0.495 e. The quantitative estimate of drug-likeness (QED) is 0.916. The Morgan fingerprint density at radius 3 is 2.94 bits per heavy atom. The van der Waals surface area contributed by atoms with E-state index in [1.165, 1.54) is 0 Å². The van der Waals surface area contributed by atoms with Crippen LogP contribution in [0.5, 0.6) is 5.75 Å². The van der Waals surface area contributed by atoms with Crippen molar-refractivity contribution in [1.29, 1.82) is 5.26 Å². The van der Waals surface area contributed by atoms with Crippen molar-refractivity contribution in [2.75, 3.05) is 12.4 Å². The van der Waals surface area contributed by atoms with Crippen molar-refractivity contribution in [2.45, 2.75) is 13.0 Å². The first-order valence-electron chi connectivity index (χ1n) is 5.48. The van der Waals surface area contributed by atoms with Gasteiger partial charge in [0.25, 0.3) is 0 Å². The van der Waals surface area contributed by atoms with Crippen LogP contribution in [0.15, 0.2) is 29.8 Å². The van der Waals surface area contributed by atoms with E-state index in [0.717, 1.165) is 10.7 Å². The number of hydrogen-bond donors (Lipinski definition) is 1. The number of benzene rings is 1. The van der Waals surface area contributed by atoms with Crippen molar-refractivity contribution in [3.05, 3.63) is 40.3 Å². The fourth-order valence-corrected chi connectivity index (χ4v) is 2.27. The van der Waals surface area contributed by atoms with E-state index < -0.39 is 0 Å². The Morgan fingerprint density at radius 2 is 2.33 bits per heavy atom. The highest BCUT2D eigenvalue weighted by Crippen LogP contribution is 2.29. The molecule has 0 radical (unpaired) electrons. The molecule has 0 amide bonds. The number of thiazole rings is 1. The number of anilines is 1. The van der Waals surface area contributed by atoms with Crippen LogP contribution >= 0.6 is 11.3 Å². The zero-order valence-corrected chi connectivity index (χ0v) is 11.0. The van der Waals surface area contributed by atoms with Gasteiger partial charge in [0, 0.05) is 17.6 Å². The van der Waals surface area contributed by atoms with Gasteiger partial charge in [-0.2, -0.15) is 5.26 Å². The van der Waals surface area contributed by atoms with Crippen LogP contribution in [0.4, 0.5) is 5.69 Å². The molecule has 0 aliphatic carbocycles. The second kappa shape index (κ2) is 5.52. The Kier molecular flexibility index (Phi) is 3.80. The second-order valence-electron chi connectivity index (χ2n) is 3.76. The molecule has 1 aromatic carbocycles. The highest BCUT2D eigenvalue weighted by Gasteiger charge is 2.11. The van der Waals surface area contributed by atoms with Gasteiger partial charge in [0.2, 0.25) is 0 Å². The lowest BCUT2D eigenvalue weighted by Crippen LogP contribution is -2.07. The normalized spacial score (nSPS) is 11.6. The Bertz CT molecular complexity index is 560. The summed E-state index contributed by atoms with van der Waals surface area (Å²) in [5.41, 5.74) is 1.44. The monoisotopic (exact) mass is 259 g/mol. The van der Waals surface area contributed by atoms with Crippen molar-refractivity contribution < 1.29 is 4.74 Å². The minimum atomic E-state index is 0.104. The fraction of sp³-hybridized carbons (Fsp3) is 0.231. The third-order valence-corrected chi connectivity index (χ3v) is 3.48.